The normalized spacial score (nSPS) is 10.2. The minimum atomic E-state index is -0.153. The molecule has 1 aromatic heterocycles. The highest BCUT2D eigenvalue weighted by molar-refractivity contribution is 7.13. The molecule has 2 aromatic rings. The molecule has 0 spiro atoms. The number of hydrogen-bond donors (Lipinski definition) is 1. The standard InChI is InChI=1S/C13H14N2O2S/c1-8-12(18-7-15-8)9-4-5-10(13(16)14-2)11(6-9)17-3/h4-7H,1-3H3,(H,14,16). The third-order valence-electron chi connectivity index (χ3n) is 2.68. The summed E-state index contributed by atoms with van der Waals surface area (Å²) in [5.74, 6) is 0.416. The second-order valence-electron chi connectivity index (χ2n) is 3.76. The molecular formula is C13H14N2O2S. The van der Waals surface area contributed by atoms with Crippen LogP contribution in [0.2, 0.25) is 0 Å². The molecular weight excluding hydrogens is 248 g/mol. The van der Waals surface area contributed by atoms with Crippen LogP contribution in [-0.2, 0) is 0 Å². The number of ether oxygens (including phenoxy) is 1. The zero-order valence-electron chi connectivity index (χ0n) is 10.5. The van der Waals surface area contributed by atoms with E-state index in [9.17, 15) is 4.79 Å². The topological polar surface area (TPSA) is 51.2 Å². The summed E-state index contributed by atoms with van der Waals surface area (Å²) in [6.07, 6.45) is 0. The molecule has 1 amide bonds. The van der Waals surface area contributed by atoms with Gasteiger partial charge in [-0.05, 0) is 24.6 Å². The Balaban J connectivity index is 2.48. The van der Waals surface area contributed by atoms with Gasteiger partial charge in [0.15, 0.2) is 0 Å². The quantitative estimate of drug-likeness (QED) is 0.924. The van der Waals surface area contributed by atoms with E-state index in [0.29, 0.717) is 11.3 Å². The number of amides is 1. The Kier molecular flexibility index (Phi) is 3.62. The molecule has 0 aliphatic rings. The predicted molar refractivity (Wildman–Crippen MR) is 72.2 cm³/mol. The van der Waals surface area contributed by atoms with Crippen molar-refractivity contribution >= 4 is 17.2 Å². The Labute approximate surface area is 110 Å². The van der Waals surface area contributed by atoms with E-state index in [4.69, 9.17) is 4.74 Å². The molecule has 1 N–H and O–H groups in total. The summed E-state index contributed by atoms with van der Waals surface area (Å²) in [6, 6.07) is 5.55. The number of hydrogen-bond acceptors (Lipinski definition) is 4. The van der Waals surface area contributed by atoms with Crippen molar-refractivity contribution < 1.29 is 9.53 Å². The molecule has 2 rings (SSSR count). The van der Waals surface area contributed by atoms with Crippen LogP contribution in [0.15, 0.2) is 23.7 Å². The number of aromatic nitrogens is 1. The number of carbonyl (C=O) groups is 1. The van der Waals surface area contributed by atoms with Crippen LogP contribution in [0.3, 0.4) is 0 Å². The number of nitrogens with one attached hydrogen (secondary N) is 1. The largest absolute Gasteiger partial charge is 0.496 e. The molecule has 0 aliphatic carbocycles. The lowest BCUT2D eigenvalue weighted by molar-refractivity contribution is 0.0960. The molecule has 0 bridgehead atoms. The molecule has 4 nitrogen and oxygen atoms in total. The van der Waals surface area contributed by atoms with Crippen LogP contribution < -0.4 is 10.1 Å². The Morgan fingerprint density at radius 2 is 2.22 bits per heavy atom. The second-order valence-corrected chi connectivity index (χ2v) is 4.62. The van der Waals surface area contributed by atoms with Gasteiger partial charge in [0.2, 0.25) is 0 Å². The van der Waals surface area contributed by atoms with Gasteiger partial charge in [0.1, 0.15) is 5.75 Å². The summed E-state index contributed by atoms with van der Waals surface area (Å²) in [5.41, 5.74) is 4.34. The molecule has 0 unspecified atom stereocenters. The van der Waals surface area contributed by atoms with Gasteiger partial charge in [-0.25, -0.2) is 4.98 Å². The van der Waals surface area contributed by atoms with E-state index in [1.807, 2.05) is 24.6 Å². The summed E-state index contributed by atoms with van der Waals surface area (Å²) in [7, 11) is 3.16. The van der Waals surface area contributed by atoms with Gasteiger partial charge in [-0.2, -0.15) is 0 Å². The maximum atomic E-state index is 11.7. The first-order valence-electron chi connectivity index (χ1n) is 5.48. The second kappa shape index (κ2) is 5.18. The van der Waals surface area contributed by atoms with Gasteiger partial charge in [0.25, 0.3) is 5.91 Å². The number of rotatable bonds is 3. The summed E-state index contributed by atoms with van der Waals surface area (Å²) in [5, 5.41) is 2.59. The van der Waals surface area contributed by atoms with Crippen LogP contribution in [0.1, 0.15) is 16.1 Å². The molecule has 1 aromatic carbocycles. The SMILES string of the molecule is CNC(=O)c1ccc(-c2scnc2C)cc1OC. The highest BCUT2D eigenvalue weighted by atomic mass is 32.1. The molecule has 94 valence electrons. The number of methoxy groups -OCH3 is 1. The minimum absolute atomic E-state index is 0.153. The predicted octanol–water partition coefficient (Wildman–Crippen LogP) is 2.49. The van der Waals surface area contributed by atoms with Crippen LogP contribution in [0.4, 0.5) is 0 Å². The average molecular weight is 262 g/mol. The number of aryl methyl sites for hydroxylation is 1. The summed E-state index contributed by atoms with van der Waals surface area (Å²) in [6.45, 7) is 1.96. The Morgan fingerprint density at radius 3 is 2.78 bits per heavy atom. The smallest absolute Gasteiger partial charge is 0.254 e. The van der Waals surface area contributed by atoms with Gasteiger partial charge in [0, 0.05) is 7.05 Å². The monoisotopic (exact) mass is 262 g/mol. The van der Waals surface area contributed by atoms with Crippen LogP contribution in [0.25, 0.3) is 10.4 Å². The van der Waals surface area contributed by atoms with Gasteiger partial charge in [-0.3, -0.25) is 4.79 Å². The maximum Gasteiger partial charge on any atom is 0.254 e. The molecule has 0 radical (unpaired) electrons. The van der Waals surface area contributed by atoms with E-state index in [2.05, 4.69) is 10.3 Å². The highest BCUT2D eigenvalue weighted by Gasteiger charge is 2.13. The molecule has 0 saturated heterocycles. The lowest BCUT2D eigenvalue weighted by atomic mass is 10.1. The third kappa shape index (κ3) is 2.22. The number of nitrogens with zero attached hydrogens (tertiary/aromatic N) is 1. The van der Waals surface area contributed by atoms with Crippen molar-refractivity contribution in [2.75, 3.05) is 14.2 Å². The summed E-state index contributed by atoms with van der Waals surface area (Å²) >= 11 is 1.57. The fourth-order valence-electron chi connectivity index (χ4n) is 1.73. The van der Waals surface area contributed by atoms with Crippen molar-refractivity contribution in [3.63, 3.8) is 0 Å². The Bertz CT molecular complexity index is 578. The molecule has 18 heavy (non-hydrogen) atoms. The number of carbonyl (C=O) groups excluding carboxylic acids is 1. The van der Waals surface area contributed by atoms with Gasteiger partial charge >= 0.3 is 0 Å². The van der Waals surface area contributed by atoms with E-state index in [-0.39, 0.29) is 5.91 Å². The van der Waals surface area contributed by atoms with E-state index < -0.39 is 0 Å². The molecule has 5 heteroatoms. The van der Waals surface area contributed by atoms with Crippen molar-refractivity contribution in [1.29, 1.82) is 0 Å². The van der Waals surface area contributed by atoms with E-state index in [1.54, 1.807) is 31.6 Å². The zero-order chi connectivity index (χ0) is 13.1. The molecule has 0 aliphatic heterocycles. The fraction of sp³-hybridized carbons (Fsp3) is 0.231. The van der Waals surface area contributed by atoms with E-state index >= 15 is 0 Å². The first-order chi connectivity index (χ1) is 8.67. The number of benzene rings is 1. The Hall–Kier alpha value is -1.88. The minimum Gasteiger partial charge on any atom is -0.496 e. The van der Waals surface area contributed by atoms with Crippen LogP contribution in [0, 0.1) is 6.92 Å². The van der Waals surface area contributed by atoms with Crippen molar-refractivity contribution in [2.24, 2.45) is 0 Å². The summed E-state index contributed by atoms with van der Waals surface area (Å²) in [4.78, 5) is 17.0. The molecule has 1 heterocycles. The molecule has 0 saturated carbocycles. The highest BCUT2D eigenvalue weighted by Crippen LogP contribution is 2.31. The average Bonchev–Trinajstić information content (AvgIpc) is 2.83. The van der Waals surface area contributed by atoms with Crippen molar-refractivity contribution in [2.45, 2.75) is 6.92 Å². The van der Waals surface area contributed by atoms with Gasteiger partial charge in [0.05, 0.1) is 28.8 Å². The van der Waals surface area contributed by atoms with Crippen molar-refractivity contribution in [3.05, 3.63) is 35.0 Å². The van der Waals surface area contributed by atoms with E-state index in [0.717, 1.165) is 16.1 Å². The Morgan fingerprint density at radius 1 is 1.44 bits per heavy atom. The van der Waals surface area contributed by atoms with Gasteiger partial charge in [-0.15, -0.1) is 11.3 Å². The van der Waals surface area contributed by atoms with Crippen LogP contribution in [-0.4, -0.2) is 25.0 Å². The third-order valence-corrected chi connectivity index (χ3v) is 3.66. The molecule has 0 atom stereocenters. The first kappa shape index (κ1) is 12.6. The van der Waals surface area contributed by atoms with Gasteiger partial charge in [-0.1, -0.05) is 6.07 Å². The van der Waals surface area contributed by atoms with E-state index in [1.165, 1.54) is 0 Å². The summed E-state index contributed by atoms with van der Waals surface area (Å²) < 4.78 is 5.27. The lowest BCUT2D eigenvalue weighted by Crippen LogP contribution is -2.18. The molecule has 0 fully saturated rings. The lowest BCUT2D eigenvalue weighted by Gasteiger charge is -2.09. The zero-order valence-corrected chi connectivity index (χ0v) is 11.3. The number of thiazole rings is 1. The van der Waals surface area contributed by atoms with Crippen LogP contribution in [0.5, 0.6) is 5.75 Å². The van der Waals surface area contributed by atoms with Crippen molar-refractivity contribution in [3.8, 4) is 16.2 Å². The first-order valence-corrected chi connectivity index (χ1v) is 6.36. The van der Waals surface area contributed by atoms with Gasteiger partial charge < -0.3 is 10.1 Å². The fourth-order valence-corrected chi connectivity index (χ4v) is 2.54. The maximum absolute atomic E-state index is 11.7. The van der Waals surface area contributed by atoms with Crippen molar-refractivity contribution in [1.82, 2.24) is 10.3 Å². The van der Waals surface area contributed by atoms with Crippen LogP contribution >= 0.6 is 11.3 Å².